The van der Waals surface area contributed by atoms with Crippen molar-refractivity contribution in [1.82, 2.24) is 10.2 Å². The Labute approximate surface area is 88.0 Å². The lowest BCUT2D eigenvalue weighted by molar-refractivity contribution is 0.206. The number of hydrogen-bond donors (Lipinski definition) is 2. The van der Waals surface area contributed by atoms with Gasteiger partial charge in [-0.3, -0.25) is 0 Å². The largest absolute Gasteiger partial charge is 0.328 e. The van der Waals surface area contributed by atoms with Crippen LogP contribution in [0.4, 0.5) is 0 Å². The third-order valence-electron chi connectivity index (χ3n) is 2.93. The number of nitrogens with one attached hydrogen (secondary N) is 1. The lowest BCUT2D eigenvalue weighted by Gasteiger charge is -2.29. The highest BCUT2D eigenvalue weighted by atomic mass is 15.1. The van der Waals surface area contributed by atoms with Gasteiger partial charge in [0.15, 0.2) is 0 Å². The second kappa shape index (κ2) is 6.38. The minimum Gasteiger partial charge on any atom is -0.328 e. The smallest absolute Gasteiger partial charge is 0.00225 e. The first kappa shape index (κ1) is 12.0. The highest BCUT2D eigenvalue weighted by Gasteiger charge is 2.16. The zero-order valence-corrected chi connectivity index (χ0v) is 9.63. The molecule has 1 saturated heterocycles. The molecule has 3 nitrogen and oxygen atoms in total. The average Bonchev–Trinajstić information content (AvgIpc) is 2.12. The van der Waals surface area contributed by atoms with Gasteiger partial charge in [0.2, 0.25) is 0 Å². The number of hydrogen-bond acceptors (Lipinski definition) is 3. The van der Waals surface area contributed by atoms with E-state index >= 15 is 0 Å². The Kier molecular flexibility index (Phi) is 5.45. The van der Waals surface area contributed by atoms with Crippen molar-refractivity contribution >= 4 is 0 Å². The van der Waals surface area contributed by atoms with Gasteiger partial charge in [0.05, 0.1) is 0 Å². The van der Waals surface area contributed by atoms with Crippen LogP contribution < -0.4 is 11.1 Å². The van der Waals surface area contributed by atoms with Crippen molar-refractivity contribution in [2.24, 2.45) is 11.7 Å². The molecular formula is C11H25N3. The second-order valence-corrected chi connectivity index (χ2v) is 4.74. The Bertz CT molecular complexity index is 147. The number of rotatable bonds is 5. The number of piperidine rings is 1. The molecule has 0 aromatic carbocycles. The first-order valence-corrected chi connectivity index (χ1v) is 5.83. The molecule has 1 heterocycles. The van der Waals surface area contributed by atoms with Gasteiger partial charge in [-0.2, -0.15) is 0 Å². The summed E-state index contributed by atoms with van der Waals surface area (Å²) in [5.41, 5.74) is 5.69. The van der Waals surface area contributed by atoms with Gasteiger partial charge in [0, 0.05) is 12.6 Å². The van der Waals surface area contributed by atoms with Gasteiger partial charge in [0.25, 0.3) is 0 Å². The molecular weight excluding hydrogens is 174 g/mol. The van der Waals surface area contributed by atoms with Crippen LogP contribution in [0.1, 0.15) is 26.2 Å². The van der Waals surface area contributed by atoms with Crippen LogP contribution >= 0.6 is 0 Å². The van der Waals surface area contributed by atoms with Crippen molar-refractivity contribution in [2.45, 2.75) is 32.2 Å². The van der Waals surface area contributed by atoms with Crippen LogP contribution in [0.3, 0.4) is 0 Å². The highest BCUT2D eigenvalue weighted by Crippen LogP contribution is 2.13. The van der Waals surface area contributed by atoms with Crippen molar-refractivity contribution in [3.63, 3.8) is 0 Å². The van der Waals surface area contributed by atoms with Gasteiger partial charge in [0.1, 0.15) is 0 Å². The molecule has 0 aromatic rings. The van der Waals surface area contributed by atoms with Crippen LogP contribution in [-0.2, 0) is 0 Å². The Morgan fingerprint density at radius 3 is 3.00 bits per heavy atom. The van der Waals surface area contributed by atoms with Gasteiger partial charge in [-0.05, 0) is 58.8 Å². The molecule has 0 amide bonds. The van der Waals surface area contributed by atoms with E-state index in [1.807, 2.05) is 0 Å². The van der Waals surface area contributed by atoms with Crippen molar-refractivity contribution in [3.05, 3.63) is 0 Å². The van der Waals surface area contributed by atoms with E-state index in [4.69, 9.17) is 5.73 Å². The summed E-state index contributed by atoms with van der Waals surface area (Å²) in [5.74, 6) is 0.849. The topological polar surface area (TPSA) is 41.3 Å². The van der Waals surface area contributed by atoms with Crippen molar-refractivity contribution in [2.75, 3.05) is 33.2 Å². The van der Waals surface area contributed by atoms with E-state index in [0.29, 0.717) is 6.04 Å². The monoisotopic (exact) mass is 199 g/mol. The standard InChI is InChI=1S/C11H25N3/c1-10(12)5-6-13-8-11-4-3-7-14(2)9-11/h10-11,13H,3-9,12H2,1-2H3. The maximum absolute atomic E-state index is 5.69. The van der Waals surface area contributed by atoms with E-state index < -0.39 is 0 Å². The summed E-state index contributed by atoms with van der Waals surface area (Å²) in [6.07, 6.45) is 3.83. The fourth-order valence-electron chi connectivity index (χ4n) is 2.08. The van der Waals surface area contributed by atoms with E-state index in [-0.39, 0.29) is 0 Å². The Balaban J connectivity index is 2.00. The third-order valence-corrected chi connectivity index (χ3v) is 2.93. The van der Waals surface area contributed by atoms with E-state index in [9.17, 15) is 0 Å². The molecule has 0 radical (unpaired) electrons. The second-order valence-electron chi connectivity index (χ2n) is 4.74. The van der Waals surface area contributed by atoms with Crippen molar-refractivity contribution < 1.29 is 0 Å². The number of likely N-dealkylation sites (tertiary alicyclic amines) is 1. The zero-order valence-electron chi connectivity index (χ0n) is 9.63. The molecule has 0 saturated carbocycles. The first-order chi connectivity index (χ1) is 6.68. The summed E-state index contributed by atoms with van der Waals surface area (Å²) in [6.45, 7) is 6.83. The van der Waals surface area contributed by atoms with Gasteiger partial charge in [-0.15, -0.1) is 0 Å². The van der Waals surface area contributed by atoms with Crippen LogP contribution in [0.2, 0.25) is 0 Å². The predicted octanol–water partition coefficient (Wildman–Crippen LogP) is 0.655. The fourth-order valence-corrected chi connectivity index (χ4v) is 2.08. The van der Waals surface area contributed by atoms with E-state index in [0.717, 1.165) is 25.4 Å². The molecule has 1 rings (SSSR count). The lowest BCUT2D eigenvalue weighted by atomic mass is 9.98. The Hall–Kier alpha value is -0.120. The van der Waals surface area contributed by atoms with Crippen molar-refractivity contribution in [1.29, 1.82) is 0 Å². The van der Waals surface area contributed by atoms with Crippen LogP contribution in [0.5, 0.6) is 0 Å². The van der Waals surface area contributed by atoms with E-state index in [2.05, 4.69) is 24.2 Å². The lowest BCUT2D eigenvalue weighted by Crippen LogP contribution is -2.38. The third kappa shape index (κ3) is 4.94. The summed E-state index contributed by atoms with van der Waals surface area (Å²) in [6, 6.07) is 0.330. The number of nitrogens with two attached hydrogens (primary N) is 1. The van der Waals surface area contributed by atoms with E-state index in [1.54, 1.807) is 0 Å². The minimum atomic E-state index is 0.330. The molecule has 3 N–H and O–H groups in total. The molecule has 2 unspecified atom stereocenters. The Morgan fingerprint density at radius 1 is 1.57 bits per heavy atom. The molecule has 0 spiro atoms. The molecule has 1 aliphatic heterocycles. The zero-order chi connectivity index (χ0) is 10.4. The maximum atomic E-state index is 5.69. The minimum absolute atomic E-state index is 0.330. The van der Waals surface area contributed by atoms with Gasteiger partial charge < -0.3 is 16.0 Å². The fraction of sp³-hybridized carbons (Fsp3) is 1.00. The van der Waals surface area contributed by atoms with Crippen molar-refractivity contribution in [3.8, 4) is 0 Å². The Morgan fingerprint density at radius 2 is 2.36 bits per heavy atom. The van der Waals surface area contributed by atoms with Crippen LogP contribution in [-0.4, -0.2) is 44.2 Å². The van der Waals surface area contributed by atoms with Crippen LogP contribution in [0, 0.1) is 5.92 Å². The van der Waals surface area contributed by atoms with Gasteiger partial charge in [-0.1, -0.05) is 0 Å². The highest BCUT2D eigenvalue weighted by molar-refractivity contribution is 4.72. The SMILES string of the molecule is CC(N)CCNCC1CCCN(C)C1. The predicted molar refractivity (Wildman–Crippen MR) is 61.4 cm³/mol. The summed E-state index contributed by atoms with van der Waals surface area (Å²) in [5, 5.41) is 3.50. The first-order valence-electron chi connectivity index (χ1n) is 5.83. The van der Waals surface area contributed by atoms with Crippen LogP contribution in [0.25, 0.3) is 0 Å². The summed E-state index contributed by atoms with van der Waals surface area (Å²) >= 11 is 0. The van der Waals surface area contributed by atoms with Gasteiger partial charge in [-0.25, -0.2) is 0 Å². The molecule has 0 bridgehead atoms. The van der Waals surface area contributed by atoms with Crippen LogP contribution in [0.15, 0.2) is 0 Å². The molecule has 84 valence electrons. The summed E-state index contributed by atoms with van der Waals surface area (Å²) in [4.78, 5) is 2.43. The quantitative estimate of drug-likeness (QED) is 0.639. The van der Waals surface area contributed by atoms with Gasteiger partial charge >= 0.3 is 0 Å². The molecule has 14 heavy (non-hydrogen) atoms. The summed E-state index contributed by atoms with van der Waals surface area (Å²) < 4.78 is 0. The molecule has 1 aliphatic rings. The molecule has 1 fully saturated rings. The number of nitrogens with zero attached hydrogens (tertiary/aromatic N) is 1. The average molecular weight is 199 g/mol. The normalized spacial score (nSPS) is 26.4. The van der Waals surface area contributed by atoms with E-state index in [1.165, 1.54) is 25.9 Å². The molecule has 2 atom stereocenters. The molecule has 3 heteroatoms. The molecule has 0 aliphatic carbocycles. The summed E-state index contributed by atoms with van der Waals surface area (Å²) in [7, 11) is 2.22. The maximum Gasteiger partial charge on any atom is 0.00225 e. The molecule has 0 aromatic heterocycles.